The van der Waals surface area contributed by atoms with Crippen LogP contribution in [0.25, 0.3) is 0 Å². The smallest absolute Gasteiger partial charge is 0.416 e. The Balaban J connectivity index is 2.97. The summed E-state index contributed by atoms with van der Waals surface area (Å²) in [6, 6.07) is 3.01. The van der Waals surface area contributed by atoms with Gasteiger partial charge in [0.05, 0.1) is 12.2 Å². The topological polar surface area (TPSA) is 26.3 Å². The second-order valence-electron chi connectivity index (χ2n) is 3.16. The van der Waals surface area contributed by atoms with Gasteiger partial charge in [0.15, 0.2) is 0 Å². The number of carbonyl (C=O) groups excluding carboxylic acids is 1. The van der Waals surface area contributed by atoms with E-state index in [9.17, 15) is 18.0 Å². The van der Waals surface area contributed by atoms with Crippen molar-refractivity contribution in [1.82, 2.24) is 0 Å². The van der Waals surface area contributed by atoms with Gasteiger partial charge in [-0.1, -0.05) is 5.92 Å². The lowest BCUT2D eigenvalue weighted by Crippen LogP contribution is -2.04. The standard InChI is InChI=1S/C12H8BrF3O2/c1-2-18-11(17)6-4-8-3-5-9(7-10(8)13)12(14,15)16/h3,5,7H,2H2,1H3. The van der Waals surface area contributed by atoms with Crippen LogP contribution in [-0.2, 0) is 15.7 Å². The molecule has 96 valence electrons. The first-order valence-corrected chi connectivity index (χ1v) is 5.69. The molecule has 0 N–H and O–H groups in total. The van der Waals surface area contributed by atoms with Crippen molar-refractivity contribution in [3.05, 3.63) is 33.8 Å². The summed E-state index contributed by atoms with van der Waals surface area (Å²) in [6.07, 6.45) is -4.41. The number of benzene rings is 1. The fraction of sp³-hybridized carbons (Fsp3) is 0.250. The zero-order valence-electron chi connectivity index (χ0n) is 9.27. The minimum Gasteiger partial charge on any atom is -0.456 e. The summed E-state index contributed by atoms with van der Waals surface area (Å²) < 4.78 is 41.9. The average Bonchev–Trinajstić information content (AvgIpc) is 2.26. The van der Waals surface area contributed by atoms with E-state index in [-0.39, 0.29) is 16.6 Å². The maximum absolute atomic E-state index is 12.4. The van der Waals surface area contributed by atoms with Crippen molar-refractivity contribution in [2.24, 2.45) is 0 Å². The molecular formula is C12H8BrF3O2. The highest BCUT2D eigenvalue weighted by atomic mass is 79.9. The molecule has 1 aromatic rings. The molecule has 2 nitrogen and oxygen atoms in total. The van der Waals surface area contributed by atoms with Crippen LogP contribution in [0.5, 0.6) is 0 Å². The Bertz CT molecular complexity index is 512. The van der Waals surface area contributed by atoms with Crippen molar-refractivity contribution < 1.29 is 22.7 Å². The predicted molar refractivity (Wildman–Crippen MR) is 62.7 cm³/mol. The summed E-state index contributed by atoms with van der Waals surface area (Å²) in [5.41, 5.74) is -0.493. The van der Waals surface area contributed by atoms with E-state index in [4.69, 9.17) is 0 Å². The number of hydrogen-bond acceptors (Lipinski definition) is 2. The van der Waals surface area contributed by atoms with E-state index in [1.807, 2.05) is 0 Å². The second kappa shape index (κ2) is 5.91. The van der Waals surface area contributed by atoms with Crippen molar-refractivity contribution in [2.75, 3.05) is 6.61 Å². The number of halogens is 4. The van der Waals surface area contributed by atoms with Crippen molar-refractivity contribution in [3.63, 3.8) is 0 Å². The quantitative estimate of drug-likeness (QED) is 0.585. The third-order valence-corrected chi connectivity index (χ3v) is 2.53. The molecule has 0 aliphatic heterocycles. The number of rotatable bonds is 1. The summed E-state index contributed by atoms with van der Waals surface area (Å²) in [4.78, 5) is 11.0. The van der Waals surface area contributed by atoms with Gasteiger partial charge in [0, 0.05) is 16.0 Å². The maximum Gasteiger partial charge on any atom is 0.416 e. The number of carbonyl (C=O) groups is 1. The molecule has 0 atom stereocenters. The van der Waals surface area contributed by atoms with Gasteiger partial charge < -0.3 is 4.74 Å². The van der Waals surface area contributed by atoms with Gasteiger partial charge in [-0.15, -0.1) is 0 Å². The molecule has 0 aliphatic carbocycles. The Labute approximate surface area is 110 Å². The average molecular weight is 321 g/mol. The van der Waals surface area contributed by atoms with Gasteiger partial charge in [0.2, 0.25) is 0 Å². The first-order valence-electron chi connectivity index (χ1n) is 4.90. The van der Waals surface area contributed by atoms with E-state index in [1.165, 1.54) is 6.07 Å². The monoisotopic (exact) mass is 320 g/mol. The van der Waals surface area contributed by atoms with Crippen LogP contribution in [0.15, 0.2) is 22.7 Å². The first kappa shape index (κ1) is 14.6. The van der Waals surface area contributed by atoms with E-state index in [0.717, 1.165) is 12.1 Å². The Morgan fingerprint density at radius 2 is 2.11 bits per heavy atom. The summed E-state index contributed by atoms with van der Waals surface area (Å²) >= 11 is 2.97. The van der Waals surface area contributed by atoms with Crippen molar-refractivity contribution in [3.8, 4) is 11.8 Å². The van der Waals surface area contributed by atoms with Gasteiger partial charge >= 0.3 is 12.1 Å². The van der Waals surface area contributed by atoms with Gasteiger partial charge in [0.25, 0.3) is 0 Å². The first-order chi connectivity index (χ1) is 8.34. The van der Waals surface area contributed by atoms with Gasteiger partial charge in [-0.2, -0.15) is 13.2 Å². The van der Waals surface area contributed by atoms with Gasteiger partial charge in [-0.25, -0.2) is 4.79 Å². The summed E-state index contributed by atoms with van der Waals surface area (Å²) in [6.45, 7) is 1.83. The Kier molecular flexibility index (Phi) is 4.79. The van der Waals surface area contributed by atoms with E-state index < -0.39 is 17.7 Å². The highest BCUT2D eigenvalue weighted by Crippen LogP contribution is 2.31. The van der Waals surface area contributed by atoms with Crippen molar-refractivity contribution >= 4 is 21.9 Å². The molecule has 0 heterocycles. The molecule has 0 unspecified atom stereocenters. The number of ether oxygens (including phenoxy) is 1. The molecule has 0 fully saturated rings. The Morgan fingerprint density at radius 3 is 2.61 bits per heavy atom. The molecule has 18 heavy (non-hydrogen) atoms. The van der Waals surface area contributed by atoms with Crippen LogP contribution >= 0.6 is 15.9 Å². The van der Waals surface area contributed by atoms with E-state index >= 15 is 0 Å². The molecule has 0 aliphatic rings. The van der Waals surface area contributed by atoms with E-state index in [1.54, 1.807) is 6.92 Å². The fourth-order valence-electron chi connectivity index (χ4n) is 1.08. The SMILES string of the molecule is CCOC(=O)C#Cc1ccc(C(F)(F)F)cc1Br. The third-order valence-electron chi connectivity index (χ3n) is 1.87. The third kappa shape index (κ3) is 4.08. The number of alkyl halides is 3. The van der Waals surface area contributed by atoms with E-state index in [0.29, 0.717) is 0 Å². The molecule has 1 rings (SSSR count). The number of hydrogen-bond donors (Lipinski definition) is 0. The van der Waals surface area contributed by atoms with Gasteiger partial charge in [-0.3, -0.25) is 0 Å². The molecule has 1 aromatic carbocycles. The molecule has 0 radical (unpaired) electrons. The second-order valence-corrected chi connectivity index (χ2v) is 4.02. The Hall–Kier alpha value is -1.48. The molecule has 0 amide bonds. The lowest BCUT2D eigenvalue weighted by atomic mass is 10.1. The minimum absolute atomic E-state index is 0.175. The molecule has 0 spiro atoms. The van der Waals surface area contributed by atoms with Crippen molar-refractivity contribution in [1.29, 1.82) is 0 Å². The highest BCUT2D eigenvalue weighted by molar-refractivity contribution is 9.10. The summed E-state index contributed by atoms with van der Waals surface area (Å²) in [5, 5.41) is 0. The molecular weight excluding hydrogens is 313 g/mol. The lowest BCUT2D eigenvalue weighted by Gasteiger charge is -2.07. The normalized spacial score (nSPS) is 10.5. The molecule has 0 bridgehead atoms. The molecule has 6 heteroatoms. The largest absolute Gasteiger partial charge is 0.456 e. The molecule has 0 saturated carbocycles. The summed E-state index contributed by atoms with van der Waals surface area (Å²) in [7, 11) is 0. The van der Waals surface area contributed by atoms with Crippen LogP contribution < -0.4 is 0 Å². The number of esters is 1. The maximum atomic E-state index is 12.4. The van der Waals surface area contributed by atoms with Crippen molar-refractivity contribution in [2.45, 2.75) is 13.1 Å². The van der Waals surface area contributed by atoms with Gasteiger partial charge in [0.1, 0.15) is 0 Å². The van der Waals surface area contributed by atoms with Crippen LogP contribution in [0.4, 0.5) is 13.2 Å². The molecule has 0 aromatic heterocycles. The zero-order chi connectivity index (χ0) is 13.8. The predicted octanol–water partition coefficient (Wildman–Crippen LogP) is 3.38. The highest BCUT2D eigenvalue weighted by Gasteiger charge is 2.30. The van der Waals surface area contributed by atoms with Crippen LogP contribution in [0.2, 0.25) is 0 Å². The van der Waals surface area contributed by atoms with E-state index in [2.05, 4.69) is 32.5 Å². The minimum atomic E-state index is -4.41. The Morgan fingerprint density at radius 1 is 1.44 bits per heavy atom. The van der Waals surface area contributed by atoms with Gasteiger partial charge in [-0.05, 0) is 41.1 Å². The van der Waals surface area contributed by atoms with Crippen LogP contribution in [-0.4, -0.2) is 12.6 Å². The fourth-order valence-corrected chi connectivity index (χ4v) is 1.56. The van der Waals surface area contributed by atoms with Crippen LogP contribution in [0, 0.1) is 11.8 Å². The van der Waals surface area contributed by atoms with Crippen LogP contribution in [0.3, 0.4) is 0 Å². The van der Waals surface area contributed by atoms with Crippen LogP contribution in [0.1, 0.15) is 18.1 Å². The lowest BCUT2D eigenvalue weighted by molar-refractivity contribution is -0.138. The summed E-state index contributed by atoms with van der Waals surface area (Å²) in [5.74, 6) is 3.90. The zero-order valence-corrected chi connectivity index (χ0v) is 10.9. The molecule has 0 saturated heterocycles.